The number of carbonyl (C=O) groups excluding carboxylic acids is 1. The fourth-order valence-corrected chi connectivity index (χ4v) is 3.58. The third-order valence-electron chi connectivity index (χ3n) is 5.12. The Morgan fingerprint density at radius 1 is 1.03 bits per heavy atom. The number of rotatable bonds is 6. The number of nitrogens with one attached hydrogen (secondary N) is 1. The number of benzene rings is 1. The standard InChI is InChI=1S/C22H26N6O/c1-18-15-19(25-28(18)20-7-3-2-4-8-20)16-24-22(29)17-26-11-13-27(14-12-26)21-9-5-6-10-23-21/h2-10,15H,11-14,16-17H2,1H3,(H,24,29). The Balaban J connectivity index is 1.25. The normalized spacial score (nSPS) is 14.7. The van der Waals surface area contributed by atoms with E-state index in [-0.39, 0.29) is 5.91 Å². The zero-order chi connectivity index (χ0) is 20.1. The molecule has 1 aliphatic heterocycles. The van der Waals surface area contributed by atoms with E-state index in [9.17, 15) is 4.79 Å². The van der Waals surface area contributed by atoms with Crippen LogP contribution in [-0.2, 0) is 11.3 Å². The molecule has 1 aliphatic rings. The Bertz CT molecular complexity index is 932. The van der Waals surface area contributed by atoms with Crippen molar-refractivity contribution in [2.24, 2.45) is 0 Å². The number of pyridine rings is 1. The van der Waals surface area contributed by atoms with Gasteiger partial charge in [-0.3, -0.25) is 9.69 Å². The summed E-state index contributed by atoms with van der Waals surface area (Å²) < 4.78 is 1.90. The maximum absolute atomic E-state index is 12.4. The van der Waals surface area contributed by atoms with Crippen molar-refractivity contribution in [3.05, 3.63) is 72.2 Å². The quantitative estimate of drug-likeness (QED) is 0.698. The van der Waals surface area contributed by atoms with E-state index in [0.29, 0.717) is 13.1 Å². The molecule has 0 bridgehead atoms. The first-order valence-electron chi connectivity index (χ1n) is 9.95. The minimum Gasteiger partial charge on any atom is -0.354 e. The van der Waals surface area contributed by atoms with Crippen LogP contribution >= 0.6 is 0 Å². The van der Waals surface area contributed by atoms with Crippen molar-refractivity contribution in [2.45, 2.75) is 13.5 Å². The third-order valence-corrected chi connectivity index (χ3v) is 5.12. The SMILES string of the molecule is Cc1cc(CNC(=O)CN2CCN(c3ccccn3)CC2)nn1-c1ccccc1. The largest absolute Gasteiger partial charge is 0.354 e. The molecule has 2 aromatic heterocycles. The molecule has 7 nitrogen and oxygen atoms in total. The summed E-state index contributed by atoms with van der Waals surface area (Å²) in [7, 11) is 0. The molecule has 1 saturated heterocycles. The summed E-state index contributed by atoms with van der Waals surface area (Å²) in [5.41, 5.74) is 2.93. The molecule has 150 valence electrons. The number of nitrogens with zero attached hydrogens (tertiary/aromatic N) is 5. The minimum absolute atomic E-state index is 0.0307. The van der Waals surface area contributed by atoms with Crippen LogP contribution in [0.15, 0.2) is 60.8 Å². The topological polar surface area (TPSA) is 66.3 Å². The van der Waals surface area contributed by atoms with Crippen molar-refractivity contribution in [1.29, 1.82) is 0 Å². The highest BCUT2D eigenvalue weighted by Crippen LogP contribution is 2.13. The van der Waals surface area contributed by atoms with E-state index >= 15 is 0 Å². The van der Waals surface area contributed by atoms with Crippen LogP contribution in [0, 0.1) is 6.92 Å². The summed E-state index contributed by atoms with van der Waals surface area (Å²) in [6, 6.07) is 18.0. The minimum atomic E-state index is 0.0307. The van der Waals surface area contributed by atoms with Gasteiger partial charge in [0.2, 0.25) is 5.91 Å². The van der Waals surface area contributed by atoms with E-state index in [1.54, 1.807) is 0 Å². The van der Waals surface area contributed by atoms with Gasteiger partial charge < -0.3 is 10.2 Å². The van der Waals surface area contributed by atoms with Gasteiger partial charge >= 0.3 is 0 Å². The van der Waals surface area contributed by atoms with E-state index in [1.807, 2.05) is 72.4 Å². The van der Waals surface area contributed by atoms with Crippen LogP contribution in [0.5, 0.6) is 0 Å². The lowest BCUT2D eigenvalue weighted by Crippen LogP contribution is -2.49. The van der Waals surface area contributed by atoms with Gasteiger partial charge in [0.1, 0.15) is 5.82 Å². The van der Waals surface area contributed by atoms with Crippen molar-refractivity contribution in [1.82, 2.24) is 25.0 Å². The van der Waals surface area contributed by atoms with Gasteiger partial charge in [0.05, 0.1) is 24.5 Å². The third kappa shape index (κ3) is 4.81. The van der Waals surface area contributed by atoms with E-state index in [0.717, 1.165) is 49.1 Å². The molecule has 4 rings (SSSR count). The molecule has 1 N–H and O–H groups in total. The monoisotopic (exact) mass is 390 g/mol. The van der Waals surface area contributed by atoms with Crippen molar-refractivity contribution < 1.29 is 4.79 Å². The van der Waals surface area contributed by atoms with Crippen molar-refractivity contribution in [2.75, 3.05) is 37.6 Å². The molecule has 0 aliphatic carbocycles. The van der Waals surface area contributed by atoms with Crippen molar-refractivity contribution in [3.63, 3.8) is 0 Å². The number of piperazine rings is 1. The zero-order valence-corrected chi connectivity index (χ0v) is 16.7. The molecule has 1 aromatic carbocycles. The zero-order valence-electron chi connectivity index (χ0n) is 16.7. The van der Waals surface area contributed by atoms with E-state index in [1.165, 1.54) is 0 Å². The van der Waals surface area contributed by atoms with E-state index in [4.69, 9.17) is 0 Å². The van der Waals surface area contributed by atoms with Crippen LogP contribution in [0.25, 0.3) is 5.69 Å². The van der Waals surface area contributed by atoms with Gasteiger partial charge in [0.25, 0.3) is 0 Å². The van der Waals surface area contributed by atoms with Gasteiger partial charge in [-0.1, -0.05) is 24.3 Å². The maximum Gasteiger partial charge on any atom is 0.234 e. The van der Waals surface area contributed by atoms with Gasteiger partial charge in [-0.05, 0) is 37.3 Å². The highest BCUT2D eigenvalue weighted by atomic mass is 16.2. The second-order valence-corrected chi connectivity index (χ2v) is 7.25. The Labute approximate surface area is 171 Å². The lowest BCUT2D eigenvalue weighted by atomic mass is 10.3. The molecule has 0 saturated carbocycles. The van der Waals surface area contributed by atoms with Crippen LogP contribution in [0.4, 0.5) is 5.82 Å². The number of anilines is 1. The van der Waals surface area contributed by atoms with Gasteiger partial charge in [0.15, 0.2) is 0 Å². The lowest BCUT2D eigenvalue weighted by molar-refractivity contribution is -0.122. The van der Waals surface area contributed by atoms with Crippen molar-refractivity contribution in [3.8, 4) is 5.69 Å². The molecular formula is C22H26N6O. The smallest absolute Gasteiger partial charge is 0.234 e. The first kappa shape index (κ1) is 19.1. The highest BCUT2D eigenvalue weighted by Gasteiger charge is 2.19. The number of aryl methyl sites for hydroxylation is 1. The first-order chi connectivity index (χ1) is 14.2. The van der Waals surface area contributed by atoms with Gasteiger partial charge in [0, 0.05) is 38.1 Å². The fraction of sp³-hybridized carbons (Fsp3) is 0.318. The Kier molecular flexibility index (Phi) is 5.86. The van der Waals surface area contributed by atoms with Gasteiger partial charge in [-0.2, -0.15) is 5.10 Å². The summed E-state index contributed by atoms with van der Waals surface area (Å²) in [4.78, 5) is 21.2. The molecular weight excluding hydrogens is 364 g/mol. The molecule has 0 spiro atoms. The molecule has 0 radical (unpaired) electrons. The average molecular weight is 390 g/mol. The van der Waals surface area contributed by atoms with Crippen molar-refractivity contribution >= 4 is 11.7 Å². The number of aromatic nitrogens is 3. The predicted molar refractivity (Wildman–Crippen MR) is 113 cm³/mol. The maximum atomic E-state index is 12.4. The first-order valence-corrected chi connectivity index (χ1v) is 9.95. The van der Waals surface area contributed by atoms with E-state index < -0.39 is 0 Å². The Morgan fingerprint density at radius 2 is 1.79 bits per heavy atom. The van der Waals surface area contributed by atoms with Crippen LogP contribution < -0.4 is 10.2 Å². The Hall–Kier alpha value is -3.19. The fourth-order valence-electron chi connectivity index (χ4n) is 3.58. The molecule has 0 unspecified atom stereocenters. The molecule has 3 aromatic rings. The number of carbonyl (C=O) groups is 1. The summed E-state index contributed by atoms with van der Waals surface area (Å²) in [5, 5.41) is 7.62. The van der Waals surface area contributed by atoms with Crippen LogP contribution in [0.1, 0.15) is 11.4 Å². The molecule has 0 atom stereocenters. The molecule has 3 heterocycles. The summed E-state index contributed by atoms with van der Waals surface area (Å²) in [6.07, 6.45) is 1.82. The summed E-state index contributed by atoms with van der Waals surface area (Å²) in [5.74, 6) is 1.03. The summed E-state index contributed by atoms with van der Waals surface area (Å²) >= 11 is 0. The molecule has 1 amide bonds. The number of amides is 1. The second-order valence-electron chi connectivity index (χ2n) is 7.25. The lowest BCUT2D eigenvalue weighted by Gasteiger charge is -2.34. The average Bonchev–Trinajstić information content (AvgIpc) is 3.15. The second kappa shape index (κ2) is 8.87. The number of para-hydroxylation sites is 1. The number of hydrogen-bond acceptors (Lipinski definition) is 5. The Morgan fingerprint density at radius 3 is 2.52 bits per heavy atom. The van der Waals surface area contributed by atoms with Gasteiger partial charge in [-0.15, -0.1) is 0 Å². The highest BCUT2D eigenvalue weighted by molar-refractivity contribution is 5.78. The molecule has 1 fully saturated rings. The van der Waals surface area contributed by atoms with Crippen LogP contribution in [0.2, 0.25) is 0 Å². The summed E-state index contributed by atoms with van der Waals surface area (Å²) in [6.45, 7) is 6.33. The van der Waals surface area contributed by atoms with E-state index in [2.05, 4.69) is 25.2 Å². The predicted octanol–water partition coefficient (Wildman–Crippen LogP) is 2.01. The van der Waals surface area contributed by atoms with Gasteiger partial charge in [-0.25, -0.2) is 9.67 Å². The van der Waals surface area contributed by atoms with Crippen LogP contribution in [-0.4, -0.2) is 58.3 Å². The van der Waals surface area contributed by atoms with Crippen LogP contribution in [0.3, 0.4) is 0 Å². The molecule has 29 heavy (non-hydrogen) atoms. The molecule has 7 heteroatoms. The number of hydrogen-bond donors (Lipinski definition) is 1.